The molecule has 0 fully saturated rings. The van der Waals surface area contributed by atoms with E-state index in [0.29, 0.717) is 5.15 Å². The van der Waals surface area contributed by atoms with Crippen LogP contribution in [0.2, 0.25) is 5.15 Å². The molecule has 1 atom stereocenters. The van der Waals surface area contributed by atoms with Crippen LogP contribution >= 0.6 is 11.6 Å². The Balaban J connectivity index is 2.45. The Labute approximate surface area is 111 Å². The number of hydrazine groups is 1. The summed E-state index contributed by atoms with van der Waals surface area (Å²) >= 11 is 5.90. The van der Waals surface area contributed by atoms with Gasteiger partial charge in [-0.1, -0.05) is 29.8 Å². The molecular weight excluding hydrogens is 250 g/mol. The van der Waals surface area contributed by atoms with E-state index in [9.17, 15) is 0 Å². The average molecular weight is 264 g/mol. The molecule has 0 saturated carbocycles. The fourth-order valence-corrected chi connectivity index (χ4v) is 2.05. The van der Waals surface area contributed by atoms with Crippen LogP contribution in [0, 0.1) is 0 Å². The molecule has 3 N–H and O–H groups in total. The third kappa shape index (κ3) is 2.61. The minimum Gasteiger partial charge on any atom is -0.496 e. The number of nitrogens with two attached hydrogens (primary N) is 1. The maximum Gasteiger partial charge on any atom is 0.129 e. The van der Waals surface area contributed by atoms with E-state index in [2.05, 4.69) is 10.4 Å². The van der Waals surface area contributed by atoms with Crippen molar-refractivity contribution in [2.24, 2.45) is 5.84 Å². The number of ether oxygens (including phenoxy) is 1. The molecule has 0 amide bonds. The molecule has 1 heterocycles. The van der Waals surface area contributed by atoms with Crippen molar-refractivity contribution < 1.29 is 4.74 Å². The van der Waals surface area contributed by atoms with Crippen molar-refractivity contribution in [3.05, 3.63) is 58.9 Å². The van der Waals surface area contributed by atoms with Crippen LogP contribution < -0.4 is 16.0 Å². The summed E-state index contributed by atoms with van der Waals surface area (Å²) in [7, 11) is 1.63. The number of hydrogen-bond donors (Lipinski definition) is 2. The van der Waals surface area contributed by atoms with E-state index in [0.717, 1.165) is 16.9 Å². The summed E-state index contributed by atoms with van der Waals surface area (Å²) in [5, 5.41) is 0.433. The van der Waals surface area contributed by atoms with Crippen LogP contribution in [0.4, 0.5) is 0 Å². The number of methoxy groups -OCH3 is 1. The van der Waals surface area contributed by atoms with E-state index in [4.69, 9.17) is 22.2 Å². The third-order valence-electron chi connectivity index (χ3n) is 2.70. The number of aromatic nitrogens is 1. The summed E-state index contributed by atoms with van der Waals surface area (Å²) in [4.78, 5) is 3.96. The molecule has 18 heavy (non-hydrogen) atoms. The van der Waals surface area contributed by atoms with E-state index in [1.54, 1.807) is 19.4 Å². The van der Waals surface area contributed by atoms with Gasteiger partial charge in [0.1, 0.15) is 10.9 Å². The van der Waals surface area contributed by atoms with Gasteiger partial charge >= 0.3 is 0 Å². The van der Waals surface area contributed by atoms with Gasteiger partial charge in [-0.3, -0.25) is 5.84 Å². The lowest BCUT2D eigenvalue weighted by molar-refractivity contribution is 0.404. The Morgan fingerprint density at radius 2 is 2.11 bits per heavy atom. The second-order valence-electron chi connectivity index (χ2n) is 3.75. The molecule has 1 aromatic carbocycles. The molecule has 0 aliphatic heterocycles. The normalized spacial score (nSPS) is 12.2. The number of benzene rings is 1. The second kappa shape index (κ2) is 5.82. The summed E-state index contributed by atoms with van der Waals surface area (Å²) < 4.78 is 5.34. The number of hydrogen-bond acceptors (Lipinski definition) is 4. The second-order valence-corrected chi connectivity index (χ2v) is 4.14. The van der Waals surface area contributed by atoms with E-state index in [-0.39, 0.29) is 6.04 Å². The standard InChI is InChI=1S/C13H14ClN3O/c1-18-11-5-3-2-4-10(11)13(17-15)9-6-7-16-12(14)8-9/h2-8,13,17H,15H2,1H3. The van der Waals surface area contributed by atoms with Crippen LogP contribution in [0.3, 0.4) is 0 Å². The Morgan fingerprint density at radius 1 is 1.33 bits per heavy atom. The van der Waals surface area contributed by atoms with Crippen LogP contribution in [0.5, 0.6) is 5.75 Å². The van der Waals surface area contributed by atoms with Crippen LogP contribution in [0.25, 0.3) is 0 Å². The largest absolute Gasteiger partial charge is 0.496 e. The number of halogens is 1. The molecule has 0 aliphatic rings. The number of nitrogens with one attached hydrogen (secondary N) is 1. The zero-order chi connectivity index (χ0) is 13.0. The van der Waals surface area contributed by atoms with Crippen molar-refractivity contribution in [3.8, 4) is 5.75 Å². The molecule has 0 aliphatic carbocycles. The summed E-state index contributed by atoms with van der Waals surface area (Å²) in [6.07, 6.45) is 1.65. The topological polar surface area (TPSA) is 60.2 Å². The van der Waals surface area contributed by atoms with E-state index < -0.39 is 0 Å². The lowest BCUT2D eigenvalue weighted by Gasteiger charge is -2.19. The summed E-state index contributed by atoms with van der Waals surface area (Å²) in [6.45, 7) is 0. The summed E-state index contributed by atoms with van der Waals surface area (Å²) in [6, 6.07) is 11.1. The van der Waals surface area contributed by atoms with Gasteiger partial charge in [-0.15, -0.1) is 0 Å². The van der Waals surface area contributed by atoms with Gasteiger partial charge in [0, 0.05) is 11.8 Å². The quantitative estimate of drug-likeness (QED) is 0.505. The maximum atomic E-state index is 5.90. The van der Waals surface area contributed by atoms with Crippen LogP contribution in [-0.4, -0.2) is 12.1 Å². The van der Waals surface area contributed by atoms with E-state index in [1.807, 2.05) is 30.3 Å². The number of para-hydroxylation sites is 1. The highest BCUT2D eigenvalue weighted by molar-refractivity contribution is 6.29. The first kappa shape index (κ1) is 12.8. The molecule has 5 heteroatoms. The average Bonchev–Trinajstić information content (AvgIpc) is 2.40. The van der Waals surface area contributed by atoms with Gasteiger partial charge in [0.05, 0.1) is 13.2 Å². The fraction of sp³-hybridized carbons (Fsp3) is 0.154. The van der Waals surface area contributed by atoms with Crippen molar-refractivity contribution >= 4 is 11.6 Å². The van der Waals surface area contributed by atoms with E-state index >= 15 is 0 Å². The fourth-order valence-electron chi connectivity index (χ4n) is 1.87. The first-order chi connectivity index (χ1) is 8.76. The predicted molar refractivity (Wildman–Crippen MR) is 71.4 cm³/mol. The molecule has 0 radical (unpaired) electrons. The van der Waals surface area contributed by atoms with Crippen molar-refractivity contribution in [1.82, 2.24) is 10.4 Å². The molecule has 0 spiro atoms. The minimum absolute atomic E-state index is 0.193. The van der Waals surface area contributed by atoms with Crippen LogP contribution in [0.15, 0.2) is 42.6 Å². The Hall–Kier alpha value is -1.62. The van der Waals surface area contributed by atoms with Gasteiger partial charge in [0.25, 0.3) is 0 Å². The highest BCUT2D eigenvalue weighted by atomic mass is 35.5. The lowest BCUT2D eigenvalue weighted by Crippen LogP contribution is -2.29. The summed E-state index contributed by atoms with van der Waals surface area (Å²) in [5.74, 6) is 6.41. The molecule has 0 saturated heterocycles. The Bertz CT molecular complexity index is 533. The molecule has 2 rings (SSSR count). The van der Waals surface area contributed by atoms with Crippen molar-refractivity contribution in [3.63, 3.8) is 0 Å². The number of rotatable bonds is 4. The number of pyridine rings is 1. The van der Waals surface area contributed by atoms with Crippen LogP contribution in [0.1, 0.15) is 17.2 Å². The molecule has 0 bridgehead atoms. The zero-order valence-corrected chi connectivity index (χ0v) is 10.7. The van der Waals surface area contributed by atoms with Crippen molar-refractivity contribution in [2.75, 3.05) is 7.11 Å². The van der Waals surface area contributed by atoms with Gasteiger partial charge in [0.2, 0.25) is 0 Å². The monoisotopic (exact) mass is 263 g/mol. The SMILES string of the molecule is COc1ccccc1C(NN)c1ccnc(Cl)c1. The van der Waals surface area contributed by atoms with Gasteiger partial charge in [-0.05, 0) is 23.8 Å². The van der Waals surface area contributed by atoms with Gasteiger partial charge in [-0.2, -0.15) is 0 Å². The molecule has 4 nitrogen and oxygen atoms in total. The smallest absolute Gasteiger partial charge is 0.129 e. The summed E-state index contributed by atoms with van der Waals surface area (Å²) in [5.41, 5.74) is 4.65. The first-order valence-corrected chi connectivity index (χ1v) is 5.84. The highest BCUT2D eigenvalue weighted by Crippen LogP contribution is 2.29. The highest BCUT2D eigenvalue weighted by Gasteiger charge is 2.16. The zero-order valence-electron chi connectivity index (χ0n) is 9.93. The van der Waals surface area contributed by atoms with E-state index in [1.165, 1.54) is 0 Å². The lowest BCUT2D eigenvalue weighted by atomic mass is 9.99. The predicted octanol–water partition coefficient (Wildman–Crippen LogP) is 2.30. The first-order valence-electron chi connectivity index (χ1n) is 5.46. The molecule has 94 valence electrons. The van der Waals surface area contributed by atoms with Gasteiger partial charge in [-0.25, -0.2) is 10.4 Å². The van der Waals surface area contributed by atoms with Crippen molar-refractivity contribution in [1.29, 1.82) is 0 Å². The Kier molecular flexibility index (Phi) is 4.15. The number of nitrogens with zero attached hydrogens (tertiary/aromatic N) is 1. The molecule has 2 aromatic rings. The minimum atomic E-state index is -0.193. The maximum absolute atomic E-state index is 5.90. The third-order valence-corrected chi connectivity index (χ3v) is 2.91. The van der Waals surface area contributed by atoms with Gasteiger partial charge in [0.15, 0.2) is 0 Å². The molecular formula is C13H14ClN3O. The molecule has 1 aromatic heterocycles. The van der Waals surface area contributed by atoms with Crippen LogP contribution in [-0.2, 0) is 0 Å². The molecule has 1 unspecified atom stereocenters. The van der Waals surface area contributed by atoms with Crippen molar-refractivity contribution in [2.45, 2.75) is 6.04 Å². The Morgan fingerprint density at radius 3 is 2.78 bits per heavy atom. The van der Waals surface area contributed by atoms with Gasteiger partial charge < -0.3 is 4.74 Å².